The fourth-order valence-electron chi connectivity index (χ4n) is 2.13. The first-order valence-corrected chi connectivity index (χ1v) is 8.57. The van der Waals surface area contributed by atoms with Gasteiger partial charge in [-0.25, -0.2) is 9.36 Å². The van der Waals surface area contributed by atoms with Gasteiger partial charge >= 0.3 is 11.9 Å². The molecule has 1 aliphatic rings. The number of hydrogen-bond acceptors (Lipinski definition) is 4. The van der Waals surface area contributed by atoms with Crippen molar-refractivity contribution in [3.8, 4) is 6.19 Å². The van der Waals surface area contributed by atoms with Crippen LogP contribution >= 0.6 is 0 Å². The summed E-state index contributed by atoms with van der Waals surface area (Å²) in [6.45, 7) is 4.86. The molecule has 1 atom stereocenters. The third-order valence-electron chi connectivity index (χ3n) is 3.73. The van der Waals surface area contributed by atoms with Gasteiger partial charge in [0.25, 0.3) is 0 Å². The van der Waals surface area contributed by atoms with Crippen LogP contribution in [0.4, 0.5) is 0 Å². The van der Waals surface area contributed by atoms with E-state index < -0.39 is 17.4 Å². The van der Waals surface area contributed by atoms with E-state index in [2.05, 4.69) is 41.0 Å². The highest BCUT2D eigenvalue weighted by Gasteiger charge is 2.34. The summed E-state index contributed by atoms with van der Waals surface area (Å²) in [4.78, 5) is 23.9. The minimum absolute atomic E-state index is 0.0359. The monoisotopic (exact) mass is 384 g/mol. The Balaban J connectivity index is 0.000000431. The predicted molar refractivity (Wildman–Crippen MR) is 103 cm³/mol. The van der Waals surface area contributed by atoms with Crippen LogP contribution < -0.4 is 4.57 Å². The van der Waals surface area contributed by atoms with Crippen LogP contribution in [0, 0.1) is 16.9 Å². The van der Waals surface area contributed by atoms with Gasteiger partial charge in [-0.3, -0.25) is 4.79 Å². The van der Waals surface area contributed by atoms with E-state index in [1.54, 1.807) is 0 Å². The second-order valence-corrected chi connectivity index (χ2v) is 6.03. The Kier molecular flexibility index (Phi) is 11.9. The maximum absolute atomic E-state index is 10.8. The summed E-state index contributed by atoms with van der Waals surface area (Å²) in [6.07, 6.45) is 12.5. The standard InChI is InChI=1S/C9H14N.C9H10O4.C2N3/c1-2-3-7-10-8-5-4-6-9-10;1-9(8(12)13)4-2-3-6(5-9)7(10)11;3-1-5-2-4/h4-6,8-9H,2-3,7H2,1H3;2-4H,5H2,1H3,(H,10,11)(H,12,13);/q+1;;-1. The molecule has 1 aromatic rings. The molecular weight excluding hydrogens is 360 g/mol. The average Bonchev–Trinajstić information content (AvgIpc) is 2.69. The zero-order valence-electron chi connectivity index (χ0n) is 15.9. The van der Waals surface area contributed by atoms with Crippen molar-refractivity contribution in [1.29, 1.82) is 5.26 Å². The summed E-state index contributed by atoms with van der Waals surface area (Å²) in [7, 11) is 0. The highest BCUT2D eigenvalue weighted by molar-refractivity contribution is 5.90. The van der Waals surface area contributed by atoms with Crippen LogP contribution in [0.25, 0.3) is 5.41 Å². The molecule has 1 aromatic heterocycles. The van der Waals surface area contributed by atoms with Crippen molar-refractivity contribution in [1.82, 2.24) is 0 Å². The fraction of sp³-hybridized carbons (Fsp3) is 0.350. The maximum Gasteiger partial charge on any atom is 0.331 e. The van der Waals surface area contributed by atoms with Gasteiger partial charge in [0.15, 0.2) is 12.4 Å². The van der Waals surface area contributed by atoms with Crippen LogP contribution in [-0.4, -0.2) is 28.2 Å². The summed E-state index contributed by atoms with van der Waals surface area (Å²) in [5.41, 5.74) is -0.949. The largest absolute Gasteiger partial charge is 0.481 e. The van der Waals surface area contributed by atoms with Gasteiger partial charge in [0, 0.05) is 24.1 Å². The molecule has 1 heterocycles. The van der Waals surface area contributed by atoms with E-state index in [1.165, 1.54) is 50.2 Å². The molecule has 0 saturated carbocycles. The van der Waals surface area contributed by atoms with Crippen LogP contribution in [0.3, 0.4) is 0 Å². The summed E-state index contributed by atoms with van der Waals surface area (Å²) in [6, 6.07) is 7.46. The lowest BCUT2D eigenvalue weighted by molar-refractivity contribution is -0.697. The first-order chi connectivity index (χ1) is 13.3. The zero-order valence-corrected chi connectivity index (χ0v) is 15.9. The van der Waals surface area contributed by atoms with Crippen molar-refractivity contribution >= 4 is 17.9 Å². The topological polar surface area (TPSA) is 137 Å². The Labute approximate surface area is 164 Å². The number of aromatic nitrogens is 1. The quantitative estimate of drug-likeness (QED) is 0.456. The molecule has 0 saturated heterocycles. The van der Waals surface area contributed by atoms with Crippen molar-refractivity contribution < 1.29 is 24.4 Å². The molecule has 28 heavy (non-hydrogen) atoms. The SMILES string of the molecule is CC1(C(=O)O)C=CC=C(C(=O)O)C1.CCCC[n+]1ccccc1.N#CN=C=[N-]. The summed E-state index contributed by atoms with van der Waals surface area (Å²) >= 11 is 0. The van der Waals surface area contributed by atoms with Crippen molar-refractivity contribution in [3.63, 3.8) is 0 Å². The maximum atomic E-state index is 10.8. The molecule has 0 spiro atoms. The molecular formula is C20H24N4O4. The number of nitrogens with zero attached hydrogens (tertiary/aromatic N) is 4. The molecule has 0 aromatic carbocycles. The van der Waals surface area contributed by atoms with Gasteiger partial charge in [0.1, 0.15) is 6.54 Å². The van der Waals surface area contributed by atoms with Crippen LogP contribution in [0.5, 0.6) is 0 Å². The molecule has 0 aliphatic heterocycles. The first kappa shape index (κ1) is 24.4. The smallest absolute Gasteiger partial charge is 0.331 e. The fourth-order valence-corrected chi connectivity index (χ4v) is 2.13. The third kappa shape index (κ3) is 9.80. The van der Waals surface area contributed by atoms with Crippen molar-refractivity contribution in [2.24, 2.45) is 10.4 Å². The molecule has 2 N–H and O–H groups in total. The van der Waals surface area contributed by atoms with Gasteiger partial charge in [0.2, 0.25) is 0 Å². The molecule has 8 heteroatoms. The molecule has 0 amide bonds. The Morgan fingerprint density at radius 3 is 2.39 bits per heavy atom. The zero-order chi connectivity index (χ0) is 21.4. The second kappa shape index (κ2) is 13.6. The Hall–Kier alpha value is -3.56. The van der Waals surface area contributed by atoms with Gasteiger partial charge in [-0.1, -0.05) is 37.6 Å². The van der Waals surface area contributed by atoms with E-state index in [0.29, 0.717) is 0 Å². The lowest BCUT2D eigenvalue weighted by atomic mass is 9.80. The predicted octanol–water partition coefficient (Wildman–Crippen LogP) is 3.03. The molecule has 1 aliphatic carbocycles. The molecule has 2 rings (SSSR count). The van der Waals surface area contributed by atoms with E-state index in [4.69, 9.17) is 20.9 Å². The van der Waals surface area contributed by atoms with Gasteiger partial charge < -0.3 is 20.6 Å². The van der Waals surface area contributed by atoms with Crippen molar-refractivity contribution in [2.75, 3.05) is 0 Å². The van der Waals surface area contributed by atoms with Gasteiger partial charge in [-0.2, -0.15) is 5.26 Å². The number of allylic oxidation sites excluding steroid dienone is 2. The number of unbranched alkanes of at least 4 members (excludes halogenated alkanes) is 1. The van der Waals surface area contributed by atoms with Crippen LogP contribution in [-0.2, 0) is 16.1 Å². The van der Waals surface area contributed by atoms with E-state index in [-0.39, 0.29) is 12.0 Å². The Bertz CT molecular complexity index is 790. The number of rotatable bonds is 5. The number of carboxylic acid groups (broad SMARTS) is 2. The first-order valence-electron chi connectivity index (χ1n) is 8.57. The molecule has 1 unspecified atom stereocenters. The lowest BCUT2D eigenvalue weighted by Gasteiger charge is -2.23. The van der Waals surface area contributed by atoms with Crippen LogP contribution in [0.2, 0.25) is 0 Å². The highest BCUT2D eigenvalue weighted by atomic mass is 16.4. The molecule has 0 bridgehead atoms. The number of aliphatic imine (C=N–C) groups is 1. The van der Waals surface area contributed by atoms with Gasteiger partial charge in [-0.15, -0.1) is 6.01 Å². The number of nitriles is 1. The molecule has 8 nitrogen and oxygen atoms in total. The van der Waals surface area contributed by atoms with E-state index in [1.807, 2.05) is 6.07 Å². The third-order valence-corrected chi connectivity index (χ3v) is 3.73. The van der Waals surface area contributed by atoms with E-state index in [0.717, 1.165) is 6.54 Å². The summed E-state index contributed by atoms with van der Waals surface area (Å²) < 4.78 is 2.21. The minimum Gasteiger partial charge on any atom is -0.481 e. The van der Waals surface area contributed by atoms with E-state index >= 15 is 0 Å². The molecule has 0 fully saturated rings. The summed E-state index contributed by atoms with van der Waals surface area (Å²) in [5, 5.41) is 32.3. The minimum atomic E-state index is -1.08. The lowest BCUT2D eigenvalue weighted by Crippen LogP contribution is -2.31. The van der Waals surface area contributed by atoms with Gasteiger partial charge in [0.05, 0.1) is 11.6 Å². The molecule has 148 valence electrons. The second-order valence-electron chi connectivity index (χ2n) is 6.03. The molecule has 0 radical (unpaired) electrons. The van der Waals surface area contributed by atoms with Crippen molar-refractivity contribution in [2.45, 2.75) is 39.7 Å². The van der Waals surface area contributed by atoms with Gasteiger partial charge in [-0.05, 0) is 13.3 Å². The van der Waals surface area contributed by atoms with E-state index in [9.17, 15) is 9.59 Å². The number of carbonyl (C=O) groups is 2. The number of carboxylic acids is 2. The normalized spacial score (nSPS) is 16.5. The number of pyridine rings is 1. The summed E-state index contributed by atoms with van der Waals surface area (Å²) in [5.74, 6) is -2.06. The van der Waals surface area contributed by atoms with Crippen molar-refractivity contribution in [3.05, 3.63) is 59.8 Å². The number of aliphatic carboxylic acids is 2. The number of aryl methyl sites for hydroxylation is 1. The number of hydrogen-bond donors (Lipinski definition) is 2. The Morgan fingerprint density at radius 1 is 1.32 bits per heavy atom. The van der Waals surface area contributed by atoms with Crippen LogP contribution in [0.1, 0.15) is 33.1 Å². The van der Waals surface area contributed by atoms with Crippen LogP contribution in [0.15, 0.2) is 59.4 Å². The Morgan fingerprint density at radius 2 is 1.96 bits per heavy atom. The highest BCUT2D eigenvalue weighted by Crippen LogP contribution is 2.31. The average molecular weight is 384 g/mol.